The molecule has 1 N–H and O–H groups in total. The molecule has 0 aromatic heterocycles. The quantitative estimate of drug-likeness (QED) is 0.154. The van der Waals surface area contributed by atoms with E-state index in [1.54, 1.807) is 19.1 Å². The summed E-state index contributed by atoms with van der Waals surface area (Å²) in [6.07, 6.45) is 3.15. The molecule has 0 bridgehead atoms. The molecule has 0 aliphatic heterocycles. The van der Waals surface area contributed by atoms with Gasteiger partial charge in [0.15, 0.2) is 5.60 Å². The van der Waals surface area contributed by atoms with Crippen molar-refractivity contribution in [2.75, 3.05) is 19.8 Å². The summed E-state index contributed by atoms with van der Waals surface area (Å²) in [4.78, 5) is 52.7. The minimum Gasteiger partial charge on any atom is -0.490 e. The third-order valence-corrected chi connectivity index (χ3v) is 3.80. The molecule has 0 radical (unpaired) electrons. The van der Waals surface area contributed by atoms with Crippen LogP contribution in [0.1, 0.15) is 38.1 Å². The molecule has 32 heavy (non-hydrogen) atoms. The third-order valence-electron chi connectivity index (χ3n) is 3.80. The van der Waals surface area contributed by atoms with E-state index in [-0.39, 0.29) is 30.9 Å². The minimum atomic E-state index is -1.54. The number of alkyl carbamates (subject to hydrolysis) is 1. The van der Waals surface area contributed by atoms with E-state index < -0.39 is 29.5 Å². The summed E-state index contributed by atoms with van der Waals surface area (Å²) in [6.45, 7) is 9.36. The number of nitrogens with one attached hydrogen (secondary N) is 1. The maximum Gasteiger partial charge on any atom is 0.444 e. The van der Waals surface area contributed by atoms with Crippen LogP contribution in [0.3, 0.4) is 0 Å². The van der Waals surface area contributed by atoms with Crippen LogP contribution in [0.5, 0.6) is 5.75 Å². The summed E-state index contributed by atoms with van der Waals surface area (Å²) in [7, 11) is 0. The number of benzene rings is 1. The third kappa shape index (κ3) is 8.02. The number of carbonyl (C=O) groups is 4. The van der Waals surface area contributed by atoms with Gasteiger partial charge in [0.05, 0.1) is 6.54 Å². The largest absolute Gasteiger partial charge is 0.490 e. The van der Waals surface area contributed by atoms with Gasteiger partial charge in [0.2, 0.25) is 5.78 Å². The van der Waals surface area contributed by atoms with E-state index in [2.05, 4.69) is 6.58 Å². The van der Waals surface area contributed by atoms with Crippen LogP contribution < -0.4 is 10.1 Å². The number of terminal acetylenes is 1. The van der Waals surface area contributed by atoms with Gasteiger partial charge in [-0.05, 0) is 52.0 Å². The first-order valence-corrected chi connectivity index (χ1v) is 9.56. The van der Waals surface area contributed by atoms with Crippen molar-refractivity contribution >= 4 is 23.9 Å². The number of amides is 2. The highest BCUT2D eigenvalue weighted by Crippen LogP contribution is 2.21. The monoisotopic (exact) mass is 446 g/mol. The van der Waals surface area contributed by atoms with Crippen LogP contribution in [0.2, 0.25) is 0 Å². The molecule has 0 aliphatic carbocycles. The molecular formula is C22H26N2O8. The Hall–Kier alpha value is -4.00. The van der Waals surface area contributed by atoms with Crippen LogP contribution in [-0.4, -0.2) is 54.4 Å². The average molecular weight is 446 g/mol. The summed E-state index contributed by atoms with van der Waals surface area (Å²) in [5.41, 5.74) is -1.17. The summed E-state index contributed by atoms with van der Waals surface area (Å²) < 4.78 is 15.4. The fourth-order valence-corrected chi connectivity index (χ4v) is 2.16. The lowest BCUT2D eigenvalue weighted by atomic mass is 9.96. The SMILES string of the molecule is C#CNC(=O)OCCOc1ccc(C(=O)C(C)(C)OC(=O)N(CC)OC(=O)C(=C)C)cc1. The molecule has 0 spiro atoms. The minimum absolute atomic E-state index is 0.0161. The van der Waals surface area contributed by atoms with Crippen LogP contribution in [-0.2, 0) is 19.1 Å². The van der Waals surface area contributed by atoms with Crippen molar-refractivity contribution in [2.45, 2.75) is 33.3 Å². The van der Waals surface area contributed by atoms with Gasteiger partial charge in [-0.25, -0.2) is 19.7 Å². The molecule has 1 rings (SSSR count). The van der Waals surface area contributed by atoms with Crippen LogP contribution in [0.15, 0.2) is 36.4 Å². The van der Waals surface area contributed by atoms with Crippen LogP contribution in [0.25, 0.3) is 0 Å². The first-order valence-electron chi connectivity index (χ1n) is 9.56. The summed E-state index contributed by atoms with van der Waals surface area (Å²) in [6, 6.07) is 8.01. The lowest BCUT2D eigenvalue weighted by molar-refractivity contribution is -0.178. The maximum absolute atomic E-state index is 12.8. The van der Waals surface area contributed by atoms with Crippen molar-refractivity contribution in [1.29, 1.82) is 0 Å². The van der Waals surface area contributed by atoms with E-state index >= 15 is 0 Å². The first-order chi connectivity index (χ1) is 15.0. The molecule has 0 fully saturated rings. The number of rotatable bonds is 9. The molecule has 0 unspecified atom stereocenters. The molecule has 0 heterocycles. The molecule has 2 amide bonds. The highest BCUT2D eigenvalue weighted by atomic mass is 16.8. The van der Waals surface area contributed by atoms with E-state index in [9.17, 15) is 19.2 Å². The summed E-state index contributed by atoms with van der Waals surface area (Å²) in [5, 5.41) is 2.73. The Morgan fingerprint density at radius 1 is 1.16 bits per heavy atom. The second kappa shape index (κ2) is 12.0. The van der Waals surface area contributed by atoms with Gasteiger partial charge in [-0.3, -0.25) is 4.79 Å². The highest BCUT2D eigenvalue weighted by Gasteiger charge is 2.35. The first kappa shape index (κ1) is 26.0. The number of hydrogen-bond acceptors (Lipinski definition) is 8. The molecule has 1 aromatic rings. The number of ketones is 1. The Bertz CT molecular complexity index is 900. The predicted molar refractivity (Wildman–Crippen MR) is 113 cm³/mol. The van der Waals surface area contributed by atoms with E-state index in [0.29, 0.717) is 10.8 Å². The number of carbonyl (C=O) groups excluding carboxylic acids is 4. The lowest BCUT2D eigenvalue weighted by Gasteiger charge is -2.27. The predicted octanol–water partition coefficient (Wildman–Crippen LogP) is 2.84. The standard InChI is InChI=1S/C22H26N2O8/c1-7-23-20(27)30-14-13-29-17-11-9-16(10-12-17)18(25)22(5,6)31-21(28)24(8-2)32-19(26)15(3)4/h1,9-12H,3,8,13-14H2,2,4-6H3,(H,23,27). The number of hydroxylamine groups is 2. The fourth-order valence-electron chi connectivity index (χ4n) is 2.16. The highest BCUT2D eigenvalue weighted by molar-refractivity contribution is 6.03. The Kier molecular flexibility index (Phi) is 9.76. The molecule has 1 aromatic carbocycles. The normalized spacial score (nSPS) is 10.2. The maximum atomic E-state index is 12.8. The smallest absolute Gasteiger partial charge is 0.444 e. The van der Waals surface area contributed by atoms with Gasteiger partial charge >= 0.3 is 18.2 Å². The molecule has 10 heteroatoms. The van der Waals surface area contributed by atoms with E-state index in [4.69, 9.17) is 25.5 Å². The zero-order valence-electron chi connectivity index (χ0n) is 18.4. The molecule has 0 aliphatic rings. The molecule has 10 nitrogen and oxygen atoms in total. The van der Waals surface area contributed by atoms with E-state index in [1.165, 1.54) is 32.9 Å². The number of hydrogen-bond donors (Lipinski definition) is 1. The Morgan fingerprint density at radius 2 is 1.78 bits per heavy atom. The van der Waals surface area contributed by atoms with Crippen molar-refractivity contribution < 1.29 is 38.2 Å². The summed E-state index contributed by atoms with van der Waals surface area (Å²) >= 11 is 0. The van der Waals surface area contributed by atoms with E-state index in [0.717, 1.165) is 0 Å². The zero-order chi connectivity index (χ0) is 24.3. The van der Waals surface area contributed by atoms with Crippen molar-refractivity contribution in [3.8, 4) is 18.2 Å². The van der Waals surface area contributed by atoms with Gasteiger partial charge in [0.1, 0.15) is 19.0 Å². The van der Waals surface area contributed by atoms with Crippen LogP contribution >= 0.6 is 0 Å². The number of ether oxygens (including phenoxy) is 3. The van der Waals surface area contributed by atoms with Gasteiger partial charge in [-0.1, -0.05) is 13.0 Å². The van der Waals surface area contributed by atoms with Crippen molar-refractivity contribution in [1.82, 2.24) is 10.4 Å². The lowest BCUT2D eigenvalue weighted by Crippen LogP contribution is -2.43. The second-order valence-electron chi connectivity index (χ2n) is 6.84. The molecule has 172 valence electrons. The molecule has 0 saturated carbocycles. The second-order valence-corrected chi connectivity index (χ2v) is 6.84. The Balaban J connectivity index is 2.68. The van der Waals surface area contributed by atoms with Gasteiger partial charge < -0.3 is 19.0 Å². The number of nitrogens with zero attached hydrogens (tertiary/aromatic N) is 1. The summed E-state index contributed by atoms with van der Waals surface area (Å²) in [5.74, 6) is -0.833. The molecular weight excluding hydrogens is 420 g/mol. The van der Waals surface area contributed by atoms with Gasteiger partial charge in [-0.2, -0.15) is 0 Å². The fraction of sp³-hybridized carbons (Fsp3) is 0.364. The van der Waals surface area contributed by atoms with Crippen LogP contribution in [0, 0.1) is 12.5 Å². The molecule has 0 saturated heterocycles. The van der Waals surface area contributed by atoms with Crippen molar-refractivity contribution in [2.24, 2.45) is 0 Å². The topological polar surface area (TPSA) is 120 Å². The Morgan fingerprint density at radius 3 is 2.31 bits per heavy atom. The molecule has 0 atom stereocenters. The van der Waals surface area contributed by atoms with Crippen LogP contribution in [0.4, 0.5) is 9.59 Å². The Labute approximate surface area is 186 Å². The van der Waals surface area contributed by atoms with Gasteiger partial charge in [0.25, 0.3) is 0 Å². The number of Topliss-reactive ketones (excluding diaryl/α,β-unsaturated/α-hetero) is 1. The zero-order valence-corrected chi connectivity index (χ0v) is 18.4. The van der Waals surface area contributed by atoms with Gasteiger partial charge in [-0.15, -0.1) is 5.06 Å². The van der Waals surface area contributed by atoms with Gasteiger partial charge in [0, 0.05) is 17.2 Å². The average Bonchev–Trinajstić information content (AvgIpc) is 2.74. The van der Waals surface area contributed by atoms with Crippen molar-refractivity contribution in [3.63, 3.8) is 0 Å². The van der Waals surface area contributed by atoms with Crippen molar-refractivity contribution in [3.05, 3.63) is 42.0 Å². The van der Waals surface area contributed by atoms with E-state index in [1.807, 2.05) is 11.4 Å².